The minimum absolute atomic E-state index is 0.471. The number of halogens is 1. The molecule has 1 aromatic rings. The lowest BCUT2D eigenvalue weighted by Crippen LogP contribution is -2.19. The Hall–Kier alpha value is -1.06. The maximum atomic E-state index is 10.5. The van der Waals surface area contributed by atoms with Gasteiger partial charge in [0.05, 0.1) is 5.02 Å². The molecule has 4 heteroatoms. The van der Waals surface area contributed by atoms with Crippen LogP contribution in [0.4, 0.5) is 0 Å². The minimum Gasteiger partial charge on any atom is -0.491 e. The van der Waals surface area contributed by atoms with Crippen molar-refractivity contribution in [1.29, 1.82) is 0 Å². The predicted molar refractivity (Wildman–Crippen MR) is 60.9 cm³/mol. The van der Waals surface area contributed by atoms with E-state index in [0.29, 0.717) is 22.9 Å². The number of hydrogen-bond acceptors (Lipinski definition) is 3. The number of hydrogen-bond donors (Lipinski definition) is 0. The van der Waals surface area contributed by atoms with E-state index in [-0.39, 0.29) is 0 Å². The molecule has 1 aromatic carbocycles. The van der Waals surface area contributed by atoms with Crippen molar-refractivity contribution in [3.05, 3.63) is 28.8 Å². The molecule has 1 rings (SSSR count). The molecule has 0 amide bonds. The molecule has 15 heavy (non-hydrogen) atoms. The van der Waals surface area contributed by atoms with E-state index in [9.17, 15) is 4.79 Å². The third-order valence-corrected chi connectivity index (χ3v) is 2.18. The first-order chi connectivity index (χ1) is 7.13. The van der Waals surface area contributed by atoms with Gasteiger partial charge in [-0.3, -0.25) is 4.79 Å². The lowest BCUT2D eigenvalue weighted by Gasteiger charge is -2.11. The van der Waals surface area contributed by atoms with Gasteiger partial charge in [0.2, 0.25) is 0 Å². The van der Waals surface area contributed by atoms with E-state index in [1.54, 1.807) is 18.2 Å². The second-order valence-corrected chi connectivity index (χ2v) is 3.87. The Morgan fingerprint density at radius 2 is 2.20 bits per heavy atom. The van der Waals surface area contributed by atoms with E-state index in [2.05, 4.69) is 0 Å². The Labute approximate surface area is 94.6 Å². The largest absolute Gasteiger partial charge is 0.491 e. The van der Waals surface area contributed by atoms with Crippen LogP contribution in [-0.2, 0) is 0 Å². The van der Waals surface area contributed by atoms with E-state index in [1.165, 1.54) is 0 Å². The van der Waals surface area contributed by atoms with Gasteiger partial charge in [-0.05, 0) is 32.3 Å². The van der Waals surface area contributed by atoms with Crippen molar-refractivity contribution in [2.75, 3.05) is 27.2 Å². The lowest BCUT2D eigenvalue weighted by atomic mass is 10.2. The molecule has 0 saturated carbocycles. The van der Waals surface area contributed by atoms with Gasteiger partial charge < -0.3 is 9.64 Å². The molecular formula is C11H14ClNO2. The fourth-order valence-electron chi connectivity index (χ4n) is 1.05. The summed E-state index contributed by atoms with van der Waals surface area (Å²) >= 11 is 5.93. The first-order valence-electron chi connectivity index (χ1n) is 4.65. The summed E-state index contributed by atoms with van der Waals surface area (Å²) in [6.07, 6.45) is 0.759. The molecule has 0 aliphatic rings. The summed E-state index contributed by atoms with van der Waals surface area (Å²) in [5.74, 6) is 0.615. The average Bonchev–Trinajstić information content (AvgIpc) is 2.20. The predicted octanol–water partition coefficient (Wildman–Crippen LogP) is 2.09. The molecule has 0 bridgehead atoms. The van der Waals surface area contributed by atoms with E-state index in [0.717, 1.165) is 12.8 Å². The molecule has 0 aromatic heterocycles. The molecule has 0 heterocycles. The van der Waals surface area contributed by atoms with Crippen LogP contribution in [0.15, 0.2) is 18.2 Å². The monoisotopic (exact) mass is 227 g/mol. The summed E-state index contributed by atoms with van der Waals surface area (Å²) in [6, 6.07) is 4.99. The van der Waals surface area contributed by atoms with Crippen LogP contribution in [0, 0.1) is 0 Å². The van der Waals surface area contributed by atoms with Crippen LogP contribution < -0.4 is 4.74 Å². The molecule has 0 aliphatic carbocycles. The number of aldehydes is 1. The summed E-state index contributed by atoms with van der Waals surface area (Å²) in [7, 11) is 3.95. The highest BCUT2D eigenvalue weighted by molar-refractivity contribution is 6.32. The normalized spacial score (nSPS) is 10.4. The lowest BCUT2D eigenvalue weighted by molar-refractivity contribution is 0.112. The molecule has 3 nitrogen and oxygen atoms in total. The number of likely N-dealkylation sites (N-methyl/N-ethyl adjacent to an activating group) is 1. The van der Waals surface area contributed by atoms with E-state index in [1.807, 2.05) is 19.0 Å². The van der Waals surface area contributed by atoms with Gasteiger partial charge in [-0.25, -0.2) is 0 Å². The Kier molecular flexibility index (Phi) is 4.59. The summed E-state index contributed by atoms with van der Waals surface area (Å²) in [5, 5.41) is 0.471. The van der Waals surface area contributed by atoms with Gasteiger partial charge in [0.15, 0.2) is 0 Å². The Bertz CT molecular complexity index is 339. The van der Waals surface area contributed by atoms with Gasteiger partial charge >= 0.3 is 0 Å². The van der Waals surface area contributed by atoms with Gasteiger partial charge in [-0.2, -0.15) is 0 Å². The number of carbonyl (C=O) groups is 1. The number of carbonyl (C=O) groups excluding carboxylic acids is 1. The highest BCUT2D eigenvalue weighted by Gasteiger charge is 2.02. The van der Waals surface area contributed by atoms with Gasteiger partial charge in [0, 0.05) is 12.1 Å². The van der Waals surface area contributed by atoms with Crippen molar-refractivity contribution in [3.63, 3.8) is 0 Å². The summed E-state index contributed by atoms with van der Waals surface area (Å²) < 4.78 is 5.46. The first-order valence-corrected chi connectivity index (χ1v) is 5.03. The van der Waals surface area contributed by atoms with Crippen LogP contribution in [0.25, 0.3) is 0 Å². The van der Waals surface area contributed by atoms with Crippen LogP contribution in [0.3, 0.4) is 0 Å². The van der Waals surface area contributed by atoms with Crippen LogP contribution in [-0.4, -0.2) is 38.4 Å². The number of benzene rings is 1. The van der Waals surface area contributed by atoms with Crippen LogP contribution in [0.5, 0.6) is 5.75 Å². The number of rotatable bonds is 5. The van der Waals surface area contributed by atoms with Crippen LogP contribution >= 0.6 is 11.6 Å². The smallest absolute Gasteiger partial charge is 0.150 e. The van der Waals surface area contributed by atoms with Crippen LogP contribution in [0.2, 0.25) is 5.02 Å². The molecular weight excluding hydrogens is 214 g/mol. The maximum Gasteiger partial charge on any atom is 0.150 e. The third-order valence-electron chi connectivity index (χ3n) is 1.89. The standard InChI is InChI=1S/C11H14ClNO2/c1-13(2)5-6-15-11-4-3-9(8-14)7-10(11)12/h3-4,7-8H,5-6H2,1-2H3. The Morgan fingerprint density at radius 1 is 1.47 bits per heavy atom. The molecule has 0 radical (unpaired) electrons. The van der Waals surface area contributed by atoms with Crippen molar-refractivity contribution in [1.82, 2.24) is 4.90 Å². The number of nitrogens with zero attached hydrogens (tertiary/aromatic N) is 1. The second kappa shape index (κ2) is 5.73. The molecule has 0 aliphatic heterocycles. The molecule has 82 valence electrons. The highest BCUT2D eigenvalue weighted by atomic mass is 35.5. The zero-order valence-corrected chi connectivity index (χ0v) is 9.62. The average molecular weight is 228 g/mol. The first kappa shape index (κ1) is 12.0. The van der Waals surface area contributed by atoms with Gasteiger partial charge in [-0.1, -0.05) is 11.6 Å². The van der Waals surface area contributed by atoms with Crippen molar-refractivity contribution < 1.29 is 9.53 Å². The molecule has 0 N–H and O–H groups in total. The Morgan fingerprint density at radius 3 is 2.73 bits per heavy atom. The molecule has 0 fully saturated rings. The van der Waals surface area contributed by atoms with Crippen molar-refractivity contribution >= 4 is 17.9 Å². The fraction of sp³-hybridized carbons (Fsp3) is 0.364. The Balaban J connectivity index is 2.58. The molecule has 0 atom stereocenters. The fourth-order valence-corrected chi connectivity index (χ4v) is 1.29. The zero-order chi connectivity index (χ0) is 11.3. The van der Waals surface area contributed by atoms with Crippen molar-refractivity contribution in [2.45, 2.75) is 0 Å². The summed E-state index contributed by atoms with van der Waals surface area (Å²) in [4.78, 5) is 12.5. The van der Waals surface area contributed by atoms with Gasteiger partial charge in [-0.15, -0.1) is 0 Å². The zero-order valence-electron chi connectivity index (χ0n) is 8.87. The topological polar surface area (TPSA) is 29.5 Å². The third kappa shape index (κ3) is 3.90. The molecule has 0 unspecified atom stereocenters. The van der Waals surface area contributed by atoms with E-state index in [4.69, 9.17) is 16.3 Å². The second-order valence-electron chi connectivity index (χ2n) is 3.46. The highest BCUT2D eigenvalue weighted by Crippen LogP contribution is 2.24. The number of ether oxygens (including phenoxy) is 1. The van der Waals surface area contributed by atoms with Crippen molar-refractivity contribution in [3.8, 4) is 5.75 Å². The van der Waals surface area contributed by atoms with Gasteiger partial charge in [0.1, 0.15) is 18.6 Å². The minimum atomic E-state index is 0.471. The van der Waals surface area contributed by atoms with Crippen LogP contribution in [0.1, 0.15) is 10.4 Å². The van der Waals surface area contributed by atoms with E-state index < -0.39 is 0 Å². The molecule has 0 saturated heterocycles. The van der Waals surface area contributed by atoms with Crippen molar-refractivity contribution in [2.24, 2.45) is 0 Å². The summed E-state index contributed by atoms with van der Waals surface area (Å²) in [5.41, 5.74) is 0.556. The maximum absolute atomic E-state index is 10.5. The molecule has 0 spiro atoms. The summed E-state index contributed by atoms with van der Waals surface area (Å²) in [6.45, 7) is 1.40. The SMILES string of the molecule is CN(C)CCOc1ccc(C=O)cc1Cl. The van der Waals surface area contributed by atoms with E-state index >= 15 is 0 Å². The van der Waals surface area contributed by atoms with Gasteiger partial charge in [0.25, 0.3) is 0 Å². The quantitative estimate of drug-likeness (QED) is 0.722.